The van der Waals surface area contributed by atoms with Gasteiger partial charge in [-0.3, -0.25) is 10.1 Å². The van der Waals surface area contributed by atoms with Gasteiger partial charge in [0.2, 0.25) is 11.6 Å². The van der Waals surface area contributed by atoms with Crippen LogP contribution in [-0.2, 0) is 0 Å². The second-order valence-electron chi connectivity index (χ2n) is 3.51. The van der Waals surface area contributed by atoms with Crippen molar-refractivity contribution < 1.29 is 4.92 Å². The first kappa shape index (κ1) is 12.2. The summed E-state index contributed by atoms with van der Waals surface area (Å²) in [4.78, 5) is 24.0. The smallest absolute Gasteiger partial charge is 0.353 e. The number of anilines is 3. The molecule has 2 aromatic heterocycles. The standard InChI is InChI=1S/C9H10N6O2S/c1-14(2)8-6(15(16)17)7(11-5-12-8)13-9-10-3-4-18-9/h3-5H,1-2H3,(H,10,11,12,13). The Kier molecular flexibility index (Phi) is 3.33. The molecule has 0 saturated carbocycles. The van der Waals surface area contributed by atoms with Crippen LogP contribution in [0.2, 0.25) is 0 Å². The number of thiazole rings is 1. The molecule has 0 aliphatic rings. The molecule has 0 saturated heterocycles. The van der Waals surface area contributed by atoms with E-state index in [1.165, 1.54) is 17.7 Å². The van der Waals surface area contributed by atoms with Crippen LogP contribution < -0.4 is 10.2 Å². The Morgan fingerprint density at radius 2 is 2.17 bits per heavy atom. The van der Waals surface area contributed by atoms with Crippen LogP contribution in [0.25, 0.3) is 0 Å². The fourth-order valence-corrected chi connectivity index (χ4v) is 1.87. The van der Waals surface area contributed by atoms with Gasteiger partial charge < -0.3 is 10.2 Å². The van der Waals surface area contributed by atoms with E-state index in [4.69, 9.17) is 0 Å². The van der Waals surface area contributed by atoms with Crippen LogP contribution in [0.3, 0.4) is 0 Å². The molecule has 0 bridgehead atoms. The van der Waals surface area contributed by atoms with Crippen molar-refractivity contribution in [2.45, 2.75) is 0 Å². The minimum absolute atomic E-state index is 0.133. The van der Waals surface area contributed by atoms with Gasteiger partial charge in [-0.05, 0) is 0 Å². The topological polar surface area (TPSA) is 97.1 Å². The fourth-order valence-electron chi connectivity index (χ4n) is 1.34. The van der Waals surface area contributed by atoms with E-state index in [2.05, 4.69) is 20.3 Å². The molecule has 1 N–H and O–H groups in total. The maximum Gasteiger partial charge on any atom is 0.353 e. The highest BCUT2D eigenvalue weighted by Gasteiger charge is 2.24. The van der Waals surface area contributed by atoms with Crippen LogP contribution >= 0.6 is 11.3 Å². The molecule has 2 rings (SSSR count). The predicted molar refractivity (Wildman–Crippen MR) is 68.4 cm³/mol. The number of hydrogen-bond acceptors (Lipinski definition) is 8. The summed E-state index contributed by atoms with van der Waals surface area (Å²) in [5.74, 6) is 0.378. The van der Waals surface area contributed by atoms with Crippen LogP contribution in [0.1, 0.15) is 0 Å². The Morgan fingerprint density at radius 3 is 2.72 bits per heavy atom. The summed E-state index contributed by atoms with van der Waals surface area (Å²) in [5, 5.41) is 16.2. The third-order valence-electron chi connectivity index (χ3n) is 2.07. The highest BCUT2D eigenvalue weighted by Crippen LogP contribution is 2.32. The van der Waals surface area contributed by atoms with E-state index in [-0.39, 0.29) is 17.3 Å². The van der Waals surface area contributed by atoms with Gasteiger partial charge in [0.15, 0.2) is 5.13 Å². The molecule has 2 heterocycles. The van der Waals surface area contributed by atoms with E-state index in [9.17, 15) is 10.1 Å². The van der Waals surface area contributed by atoms with E-state index in [0.717, 1.165) is 0 Å². The van der Waals surface area contributed by atoms with Crippen LogP contribution in [0.4, 0.5) is 22.5 Å². The van der Waals surface area contributed by atoms with Crippen molar-refractivity contribution >= 4 is 33.8 Å². The van der Waals surface area contributed by atoms with Crippen molar-refractivity contribution in [1.29, 1.82) is 0 Å². The molecule has 94 valence electrons. The minimum Gasteiger partial charge on any atom is -0.357 e. The zero-order valence-electron chi connectivity index (χ0n) is 9.69. The average Bonchev–Trinajstić information content (AvgIpc) is 2.81. The van der Waals surface area contributed by atoms with Crippen LogP contribution in [0.5, 0.6) is 0 Å². The SMILES string of the molecule is CN(C)c1ncnc(Nc2nccs2)c1[N+](=O)[O-]. The summed E-state index contributed by atoms with van der Waals surface area (Å²) in [5.41, 5.74) is -0.169. The fraction of sp³-hybridized carbons (Fsp3) is 0.222. The van der Waals surface area contributed by atoms with Gasteiger partial charge in [0.1, 0.15) is 6.33 Å². The quantitative estimate of drug-likeness (QED) is 0.663. The van der Waals surface area contributed by atoms with Gasteiger partial charge in [0.25, 0.3) is 0 Å². The van der Waals surface area contributed by atoms with Crippen LogP contribution in [0.15, 0.2) is 17.9 Å². The molecule has 0 radical (unpaired) electrons. The van der Waals surface area contributed by atoms with E-state index in [1.54, 1.807) is 30.6 Å². The summed E-state index contributed by atoms with van der Waals surface area (Å²) in [6, 6.07) is 0. The maximum absolute atomic E-state index is 11.1. The van der Waals surface area contributed by atoms with Gasteiger partial charge >= 0.3 is 5.69 Å². The second-order valence-corrected chi connectivity index (χ2v) is 4.40. The normalized spacial score (nSPS) is 10.1. The van der Waals surface area contributed by atoms with Gasteiger partial charge in [-0.25, -0.2) is 15.0 Å². The third kappa shape index (κ3) is 2.35. The number of aromatic nitrogens is 3. The largest absolute Gasteiger partial charge is 0.357 e. The molecule has 0 unspecified atom stereocenters. The van der Waals surface area contributed by atoms with Gasteiger partial charge in [0, 0.05) is 25.7 Å². The third-order valence-corrected chi connectivity index (χ3v) is 2.76. The zero-order chi connectivity index (χ0) is 13.1. The van der Waals surface area contributed by atoms with Crippen LogP contribution in [-0.4, -0.2) is 34.0 Å². The molecule has 0 atom stereocenters. The molecule has 0 aliphatic carbocycles. The van der Waals surface area contributed by atoms with Gasteiger partial charge in [0.05, 0.1) is 4.92 Å². The number of nitro groups is 1. The molecular weight excluding hydrogens is 256 g/mol. The predicted octanol–water partition coefficient (Wildman–Crippen LogP) is 1.65. The number of rotatable bonds is 4. The van der Waals surface area contributed by atoms with Gasteiger partial charge in [-0.2, -0.15) is 0 Å². The Hall–Kier alpha value is -2.29. The van der Waals surface area contributed by atoms with E-state index in [1.807, 2.05) is 0 Å². The Bertz CT molecular complexity index is 556. The van der Waals surface area contributed by atoms with Crippen molar-refractivity contribution in [2.75, 3.05) is 24.3 Å². The minimum atomic E-state index is -0.509. The van der Waals surface area contributed by atoms with Crippen molar-refractivity contribution in [3.05, 3.63) is 28.0 Å². The summed E-state index contributed by atoms with van der Waals surface area (Å²) in [6.07, 6.45) is 2.88. The monoisotopic (exact) mass is 266 g/mol. The van der Waals surface area contributed by atoms with Crippen LogP contribution in [0, 0.1) is 10.1 Å². The Balaban J connectivity index is 2.46. The highest BCUT2D eigenvalue weighted by molar-refractivity contribution is 7.13. The Morgan fingerprint density at radius 1 is 1.39 bits per heavy atom. The second kappa shape index (κ2) is 4.92. The summed E-state index contributed by atoms with van der Waals surface area (Å²) >= 11 is 1.33. The molecule has 8 nitrogen and oxygen atoms in total. The van der Waals surface area contributed by atoms with E-state index in [0.29, 0.717) is 5.13 Å². The highest BCUT2D eigenvalue weighted by atomic mass is 32.1. The van der Waals surface area contributed by atoms with Gasteiger partial charge in [-0.15, -0.1) is 11.3 Å². The molecule has 0 aromatic carbocycles. The molecule has 2 aromatic rings. The molecule has 9 heteroatoms. The lowest BCUT2D eigenvalue weighted by Gasteiger charge is -2.12. The van der Waals surface area contributed by atoms with E-state index >= 15 is 0 Å². The van der Waals surface area contributed by atoms with Crippen molar-refractivity contribution in [3.63, 3.8) is 0 Å². The first-order valence-corrected chi connectivity index (χ1v) is 5.81. The first-order valence-electron chi connectivity index (χ1n) is 4.93. The van der Waals surface area contributed by atoms with Crippen molar-refractivity contribution in [1.82, 2.24) is 15.0 Å². The first-order chi connectivity index (χ1) is 8.59. The van der Waals surface area contributed by atoms with Crippen molar-refractivity contribution in [2.24, 2.45) is 0 Å². The lowest BCUT2D eigenvalue weighted by Crippen LogP contribution is -2.14. The average molecular weight is 266 g/mol. The molecule has 0 aliphatic heterocycles. The number of nitrogens with zero attached hydrogens (tertiary/aromatic N) is 5. The van der Waals surface area contributed by atoms with E-state index < -0.39 is 4.92 Å². The lowest BCUT2D eigenvalue weighted by atomic mass is 10.4. The zero-order valence-corrected chi connectivity index (χ0v) is 10.5. The van der Waals surface area contributed by atoms with Gasteiger partial charge in [-0.1, -0.05) is 0 Å². The molecule has 0 amide bonds. The number of nitrogens with one attached hydrogen (secondary N) is 1. The Labute approximate surface area is 106 Å². The summed E-state index contributed by atoms with van der Waals surface area (Å²) in [6.45, 7) is 0. The molecule has 0 fully saturated rings. The number of hydrogen-bond donors (Lipinski definition) is 1. The molecule has 18 heavy (non-hydrogen) atoms. The van der Waals surface area contributed by atoms with Crippen molar-refractivity contribution in [3.8, 4) is 0 Å². The lowest BCUT2D eigenvalue weighted by molar-refractivity contribution is -0.383. The molecule has 0 spiro atoms. The molecular formula is C9H10N6O2S. The maximum atomic E-state index is 11.1. The summed E-state index contributed by atoms with van der Waals surface area (Å²) < 4.78 is 0. The summed E-state index contributed by atoms with van der Waals surface area (Å²) in [7, 11) is 3.37.